The van der Waals surface area contributed by atoms with Gasteiger partial charge in [-0.15, -0.1) is 0 Å². The number of methoxy groups -OCH3 is 1. The molecule has 20 heavy (non-hydrogen) atoms. The van der Waals surface area contributed by atoms with Gasteiger partial charge in [-0.25, -0.2) is 9.97 Å². The molecular weight excluding hydrogens is 303 g/mol. The van der Waals surface area contributed by atoms with Gasteiger partial charge in [-0.3, -0.25) is 5.43 Å². The van der Waals surface area contributed by atoms with Crippen molar-refractivity contribution in [1.82, 2.24) is 9.97 Å². The molecular formula is C12H10Cl2N4O2. The predicted molar refractivity (Wildman–Crippen MR) is 77.9 cm³/mol. The SMILES string of the molecule is COc1nccnc1N/N=C/c1cc(Cl)cc(Cl)c1O. The predicted octanol–water partition coefficient (Wildman–Crippen LogP) is 2.94. The van der Waals surface area contributed by atoms with Gasteiger partial charge in [-0.05, 0) is 12.1 Å². The van der Waals surface area contributed by atoms with Gasteiger partial charge in [0.25, 0.3) is 5.88 Å². The minimum Gasteiger partial charge on any atom is -0.506 e. The van der Waals surface area contributed by atoms with Crippen molar-refractivity contribution < 1.29 is 9.84 Å². The van der Waals surface area contributed by atoms with Gasteiger partial charge < -0.3 is 9.84 Å². The summed E-state index contributed by atoms with van der Waals surface area (Å²) in [5.74, 6) is 0.546. The topological polar surface area (TPSA) is 79.6 Å². The van der Waals surface area contributed by atoms with E-state index in [0.29, 0.717) is 22.3 Å². The standard InChI is InChI=1S/C12H10Cl2N4O2/c1-20-12-11(15-2-3-16-12)18-17-6-7-4-8(13)5-9(14)10(7)19/h2-6,19H,1H3,(H,15,18)/b17-6+. The molecule has 1 aromatic heterocycles. The van der Waals surface area contributed by atoms with Crippen LogP contribution in [0.2, 0.25) is 10.0 Å². The maximum atomic E-state index is 9.76. The van der Waals surface area contributed by atoms with Crippen molar-refractivity contribution in [2.75, 3.05) is 12.5 Å². The van der Waals surface area contributed by atoms with Crippen LogP contribution in [0.4, 0.5) is 5.82 Å². The quantitative estimate of drug-likeness (QED) is 0.670. The molecule has 104 valence electrons. The zero-order valence-electron chi connectivity index (χ0n) is 10.3. The van der Waals surface area contributed by atoms with Crippen LogP contribution < -0.4 is 10.2 Å². The molecule has 0 atom stereocenters. The highest BCUT2D eigenvalue weighted by Gasteiger charge is 2.06. The average Bonchev–Trinajstić information content (AvgIpc) is 2.44. The zero-order valence-corrected chi connectivity index (χ0v) is 11.9. The highest BCUT2D eigenvalue weighted by molar-refractivity contribution is 6.36. The van der Waals surface area contributed by atoms with Crippen molar-refractivity contribution in [3.8, 4) is 11.6 Å². The van der Waals surface area contributed by atoms with Crippen molar-refractivity contribution in [3.63, 3.8) is 0 Å². The number of halogens is 2. The Morgan fingerprint density at radius 3 is 2.80 bits per heavy atom. The van der Waals surface area contributed by atoms with Gasteiger partial charge in [0.2, 0.25) is 5.82 Å². The number of nitrogens with one attached hydrogen (secondary N) is 1. The van der Waals surface area contributed by atoms with E-state index >= 15 is 0 Å². The minimum absolute atomic E-state index is 0.104. The van der Waals surface area contributed by atoms with Gasteiger partial charge in [0.15, 0.2) is 0 Å². The van der Waals surface area contributed by atoms with E-state index in [1.165, 1.54) is 37.9 Å². The number of nitrogens with zero attached hydrogens (tertiary/aromatic N) is 3. The van der Waals surface area contributed by atoms with Gasteiger partial charge in [0.1, 0.15) is 5.75 Å². The Balaban J connectivity index is 2.18. The molecule has 0 aliphatic carbocycles. The van der Waals surface area contributed by atoms with Crippen molar-refractivity contribution in [2.24, 2.45) is 5.10 Å². The van der Waals surface area contributed by atoms with Crippen LogP contribution in [0.1, 0.15) is 5.56 Å². The number of ether oxygens (including phenoxy) is 1. The van der Waals surface area contributed by atoms with Gasteiger partial charge in [0.05, 0.1) is 18.3 Å². The second kappa shape index (κ2) is 6.40. The average molecular weight is 313 g/mol. The molecule has 0 unspecified atom stereocenters. The molecule has 0 spiro atoms. The monoisotopic (exact) mass is 312 g/mol. The number of anilines is 1. The summed E-state index contributed by atoms with van der Waals surface area (Å²) in [5.41, 5.74) is 3.03. The number of rotatable bonds is 4. The third-order valence-electron chi connectivity index (χ3n) is 2.29. The van der Waals surface area contributed by atoms with Gasteiger partial charge >= 0.3 is 0 Å². The smallest absolute Gasteiger partial charge is 0.258 e. The lowest BCUT2D eigenvalue weighted by Gasteiger charge is -2.05. The van der Waals surface area contributed by atoms with E-state index in [4.69, 9.17) is 27.9 Å². The van der Waals surface area contributed by atoms with Crippen LogP contribution in [0.5, 0.6) is 11.6 Å². The Morgan fingerprint density at radius 1 is 1.30 bits per heavy atom. The third-order valence-corrected chi connectivity index (χ3v) is 2.80. The van der Waals surface area contributed by atoms with Gasteiger partial charge in [-0.1, -0.05) is 23.2 Å². The summed E-state index contributed by atoms with van der Waals surface area (Å²) in [5, 5.41) is 14.2. The van der Waals surface area contributed by atoms with E-state index in [0.717, 1.165) is 0 Å². The van der Waals surface area contributed by atoms with E-state index in [1.54, 1.807) is 0 Å². The minimum atomic E-state index is -0.104. The number of aromatic nitrogens is 2. The second-order valence-corrected chi connectivity index (χ2v) is 4.45. The van der Waals surface area contributed by atoms with E-state index < -0.39 is 0 Å². The first kappa shape index (κ1) is 14.4. The molecule has 0 aliphatic rings. The lowest BCUT2D eigenvalue weighted by molar-refractivity contribution is 0.398. The van der Waals surface area contributed by atoms with Gasteiger partial charge in [-0.2, -0.15) is 5.10 Å². The molecule has 8 heteroatoms. The Kier molecular flexibility index (Phi) is 4.60. The summed E-state index contributed by atoms with van der Waals surface area (Å²) in [6.45, 7) is 0. The Bertz CT molecular complexity index is 649. The molecule has 0 saturated heterocycles. The van der Waals surface area contributed by atoms with Crippen LogP contribution in [-0.2, 0) is 0 Å². The molecule has 2 rings (SSSR count). The first-order valence-corrected chi connectivity index (χ1v) is 6.19. The molecule has 0 saturated carbocycles. The summed E-state index contributed by atoms with van der Waals surface area (Å²) in [4.78, 5) is 7.97. The molecule has 2 aromatic rings. The number of hydrogen-bond donors (Lipinski definition) is 2. The van der Waals surface area contributed by atoms with Crippen LogP contribution in [0.3, 0.4) is 0 Å². The number of benzene rings is 1. The Morgan fingerprint density at radius 2 is 2.05 bits per heavy atom. The first-order chi connectivity index (χ1) is 9.61. The fourth-order valence-corrected chi connectivity index (χ4v) is 1.91. The lowest BCUT2D eigenvalue weighted by Crippen LogP contribution is -1.99. The van der Waals surface area contributed by atoms with Crippen LogP contribution in [0, 0.1) is 0 Å². The molecule has 0 bridgehead atoms. The first-order valence-electron chi connectivity index (χ1n) is 5.44. The molecule has 0 fully saturated rings. The fourth-order valence-electron chi connectivity index (χ4n) is 1.40. The number of aromatic hydroxyl groups is 1. The van der Waals surface area contributed by atoms with Crippen LogP contribution >= 0.6 is 23.2 Å². The van der Waals surface area contributed by atoms with Crippen LogP contribution in [0.15, 0.2) is 29.6 Å². The summed E-state index contributed by atoms with van der Waals surface area (Å²) in [6, 6.07) is 2.97. The van der Waals surface area contributed by atoms with Crippen molar-refractivity contribution in [1.29, 1.82) is 0 Å². The summed E-state index contributed by atoms with van der Waals surface area (Å²) < 4.78 is 5.01. The van der Waals surface area contributed by atoms with E-state index in [2.05, 4.69) is 20.5 Å². The van der Waals surface area contributed by atoms with Gasteiger partial charge in [0, 0.05) is 23.0 Å². The highest BCUT2D eigenvalue weighted by atomic mass is 35.5. The molecule has 2 N–H and O–H groups in total. The number of hydrogen-bond acceptors (Lipinski definition) is 6. The fraction of sp³-hybridized carbons (Fsp3) is 0.0833. The van der Waals surface area contributed by atoms with Crippen molar-refractivity contribution >= 4 is 35.2 Å². The molecule has 1 heterocycles. The van der Waals surface area contributed by atoms with Crippen molar-refractivity contribution in [3.05, 3.63) is 40.1 Å². The molecule has 0 radical (unpaired) electrons. The van der Waals surface area contributed by atoms with Crippen molar-refractivity contribution in [2.45, 2.75) is 0 Å². The maximum Gasteiger partial charge on any atom is 0.258 e. The van der Waals surface area contributed by atoms with Crippen LogP contribution in [-0.4, -0.2) is 28.4 Å². The maximum absolute atomic E-state index is 9.76. The lowest BCUT2D eigenvalue weighted by atomic mass is 10.2. The molecule has 0 aliphatic heterocycles. The largest absolute Gasteiger partial charge is 0.506 e. The summed E-state index contributed by atoms with van der Waals surface area (Å²) >= 11 is 11.6. The van der Waals surface area contributed by atoms with Crippen LogP contribution in [0.25, 0.3) is 0 Å². The zero-order chi connectivity index (χ0) is 14.5. The Hall–Kier alpha value is -2.05. The van der Waals surface area contributed by atoms with E-state index in [-0.39, 0.29) is 10.8 Å². The van der Waals surface area contributed by atoms with E-state index in [1.807, 2.05) is 0 Å². The normalized spacial score (nSPS) is 10.8. The molecule has 0 amide bonds. The summed E-state index contributed by atoms with van der Waals surface area (Å²) in [6.07, 6.45) is 4.35. The summed E-state index contributed by atoms with van der Waals surface area (Å²) in [7, 11) is 1.47. The number of phenols is 1. The second-order valence-electron chi connectivity index (χ2n) is 3.61. The highest BCUT2D eigenvalue weighted by Crippen LogP contribution is 2.30. The molecule has 1 aromatic carbocycles. The third kappa shape index (κ3) is 3.28. The number of phenolic OH excluding ortho intramolecular Hbond substituents is 1. The number of hydrazone groups is 1. The molecule has 6 nitrogen and oxygen atoms in total. The Labute approximate surface area is 125 Å². The van der Waals surface area contributed by atoms with E-state index in [9.17, 15) is 5.11 Å².